The number of benzene rings is 2. The number of fused-ring (bicyclic) bond motifs is 1. The van der Waals surface area contributed by atoms with Gasteiger partial charge in [-0.15, -0.1) is 0 Å². The van der Waals surface area contributed by atoms with Crippen LogP contribution in [0.5, 0.6) is 5.75 Å². The Balaban J connectivity index is 2.30. The lowest BCUT2D eigenvalue weighted by atomic mass is 9.61. The minimum absolute atomic E-state index is 0.0206. The van der Waals surface area contributed by atoms with Crippen molar-refractivity contribution in [2.45, 2.75) is 65.2 Å². The Morgan fingerprint density at radius 3 is 2.44 bits per heavy atom. The molecular weight excluding hydrogens is 400 g/mol. The molecule has 0 aliphatic heterocycles. The molecule has 0 radical (unpaired) electrons. The second-order valence-electron chi connectivity index (χ2n) is 9.92. The lowest BCUT2D eigenvalue weighted by Gasteiger charge is -2.44. The van der Waals surface area contributed by atoms with Crippen molar-refractivity contribution in [3.8, 4) is 16.9 Å². The predicted molar refractivity (Wildman–Crippen MR) is 130 cm³/mol. The molecule has 4 heteroatoms. The van der Waals surface area contributed by atoms with Crippen LogP contribution in [0.1, 0.15) is 69.7 Å². The average Bonchev–Trinajstić information content (AvgIpc) is 2.75. The summed E-state index contributed by atoms with van der Waals surface area (Å²) in [5.41, 5.74) is 6.99. The molecule has 0 N–H and O–H groups in total. The van der Waals surface area contributed by atoms with Crippen LogP contribution in [-0.4, -0.2) is 26.5 Å². The summed E-state index contributed by atoms with van der Waals surface area (Å²) in [6, 6.07) is 10.2. The largest absolute Gasteiger partial charge is 0.467 e. The van der Waals surface area contributed by atoms with Gasteiger partial charge in [-0.1, -0.05) is 58.5 Å². The Morgan fingerprint density at radius 2 is 1.78 bits per heavy atom. The monoisotopic (exact) mass is 436 g/mol. The van der Waals surface area contributed by atoms with Crippen LogP contribution < -0.4 is 4.74 Å². The molecule has 0 bridgehead atoms. The molecule has 3 rings (SSSR count). The highest BCUT2D eigenvalue weighted by Crippen LogP contribution is 2.53. The zero-order chi connectivity index (χ0) is 23.7. The summed E-state index contributed by atoms with van der Waals surface area (Å²) in [7, 11) is 1.63. The highest BCUT2D eigenvalue weighted by Gasteiger charge is 2.40. The van der Waals surface area contributed by atoms with E-state index >= 15 is 0 Å². The number of methoxy groups -OCH3 is 1. The predicted octanol–water partition coefficient (Wildman–Crippen LogP) is 6.57. The van der Waals surface area contributed by atoms with E-state index in [1.807, 2.05) is 18.2 Å². The number of ether oxygens (including phenoxy) is 3. The van der Waals surface area contributed by atoms with Gasteiger partial charge in [-0.05, 0) is 71.4 Å². The fraction of sp³-hybridized carbons (Fsp3) is 0.464. The van der Waals surface area contributed by atoms with Crippen LogP contribution in [0.2, 0.25) is 0 Å². The zero-order valence-corrected chi connectivity index (χ0v) is 20.6. The maximum atomic E-state index is 12.3. The Bertz CT molecular complexity index is 1030. The molecule has 0 aromatic heterocycles. The number of rotatable bonds is 7. The molecule has 32 heavy (non-hydrogen) atoms. The molecule has 0 heterocycles. The summed E-state index contributed by atoms with van der Waals surface area (Å²) in [6.45, 7) is 17.6. The molecule has 0 amide bonds. The summed E-state index contributed by atoms with van der Waals surface area (Å²) in [6.07, 6.45) is 2.21. The smallest absolute Gasteiger partial charge is 0.338 e. The summed E-state index contributed by atoms with van der Waals surface area (Å²) in [4.78, 5) is 12.3. The van der Waals surface area contributed by atoms with E-state index in [4.69, 9.17) is 14.2 Å². The zero-order valence-electron chi connectivity index (χ0n) is 20.6. The van der Waals surface area contributed by atoms with E-state index in [0.717, 1.165) is 40.8 Å². The van der Waals surface area contributed by atoms with Crippen molar-refractivity contribution in [3.05, 3.63) is 59.2 Å². The average molecular weight is 437 g/mol. The second-order valence-corrected chi connectivity index (χ2v) is 9.92. The maximum absolute atomic E-state index is 12.3. The fourth-order valence-corrected chi connectivity index (χ4v) is 4.70. The molecule has 0 saturated heterocycles. The highest BCUT2D eigenvalue weighted by atomic mass is 16.7. The van der Waals surface area contributed by atoms with Gasteiger partial charge >= 0.3 is 5.97 Å². The van der Waals surface area contributed by atoms with E-state index in [-0.39, 0.29) is 17.6 Å². The van der Waals surface area contributed by atoms with Crippen LogP contribution in [0.25, 0.3) is 16.7 Å². The van der Waals surface area contributed by atoms with Crippen LogP contribution in [0, 0.1) is 6.92 Å². The van der Waals surface area contributed by atoms with Crippen LogP contribution in [0.3, 0.4) is 0 Å². The van der Waals surface area contributed by atoms with Crippen molar-refractivity contribution >= 4 is 11.5 Å². The minimum Gasteiger partial charge on any atom is -0.467 e. The number of aryl methyl sites for hydroxylation is 1. The van der Waals surface area contributed by atoms with E-state index < -0.39 is 5.97 Å². The van der Waals surface area contributed by atoms with Crippen LogP contribution in [0.15, 0.2) is 36.9 Å². The summed E-state index contributed by atoms with van der Waals surface area (Å²) < 4.78 is 16.6. The number of esters is 1. The Kier molecular flexibility index (Phi) is 6.85. The fourth-order valence-electron chi connectivity index (χ4n) is 4.70. The van der Waals surface area contributed by atoms with E-state index in [2.05, 4.69) is 53.3 Å². The van der Waals surface area contributed by atoms with Gasteiger partial charge in [0.05, 0.1) is 12.2 Å². The Morgan fingerprint density at radius 1 is 1.09 bits per heavy atom. The number of hydrogen-bond acceptors (Lipinski definition) is 4. The van der Waals surface area contributed by atoms with Crippen LogP contribution >= 0.6 is 0 Å². The van der Waals surface area contributed by atoms with Crippen molar-refractivity contribution in [2.24, 2.45) is 0 Å². The molecule has 2 aromatic carbocycles. The summed E-state index contributed by atoms with van der Waals surface area (Å²) >= 11 is 0. The van der Waals surface area contributed by atoms with Gasteiger partial charge in [0.2, 0.25) is 0 Å². The minimum atomic E-state index is -0.395. The standard InChI is InChI=1S/C28H36O4/c1-9-31-26(29)19(3)20-11-10-12-21(16-20)23-24-22(15-18(2)25(23)32-17-30-8)27(4,5)13-14-28(24,6)7/h10-12,15-16H,3,9,13-14,17H2,1-2,4-8H3. The van der Waals surface area contributed by atoms with Gasteiger partial charge in [0.25, 0.3) is 0 Å². The van der Waals surface area contributed by atoms with Gasteiger partial charge < -0.3 is 14.2 Å². The molecule has 4 nitrogen and oxygen atoms in total. The summed E-state index contributed by atoms with van der Waals surface area (Å²) in [5.74, 6) is 0.434. The van der Waals surface area contributed by atoms with E-state index in [9.17, 15) is 4.79 Å². The van der Waals surface area contributed by atoms with Gasteiger partial charge in [0.15, 0.2) is 6.79 Å². The first-order chi connectivity index (χ1) is 15.0. The lowest BCUT2D eigenvalue weighted by Crippen LogP contribution is -2.35. The molecule has 0 saturated carbocycles. The first-order valence-electron chi connectivity index (χ1n) is 11.3. The molecule has 0 unspecified atom stereocenters. The number of hydrogen-bond donors (Lipinski definition) is 0. The third-order valence-electron chi connectivity index (χ3n) is 6.59. The second kappa shape index (κ2) is 9.11. The molecule has 1 aliphatic rings. The maximum Gasteiger partial charge on any atom is 0.338 e. The van der Waals surface area contributed by atoms with Crippen molar-refractivity contribution in [3.63, 3.8) is 0 Å². The van der Waals surface area contributed by atoms with Gasteiger partial charge in [-0.3, -0.25) is 0 Å². The third kappa shape index (κ3) is 4.47. The van der Waals surface area contributed by atoms with Crippen molar-refractivity contribution in [1.82, 2.24) is 0 Å². The number of carbonyl (C=O) groups is 1. The molecule has 0 fully saturated rings. The quantitative estimate of drug-likeness (QED) is 0.280. The molecule has 172 valence electrons. The molecule has 1 aliphatic carbocycles. The molecule has 2 aromatic rings. The van der Waals surface area contributed by atoms with E-state index in [1.165, 1.54) is 11.1 Å². The van der Waals surface area contributed by atoms with Gasteiger partial charge in [0.1, 0.15) is 5.75 Å². The van der Waals surface area contributed by atoms with E-state index in [0.29, 0.717) is 12.2 Å². The van der Waals surface area contributed by atoms with Crippen molar-refractivity contribution in [1.29, 1.82) is 0 Å². The van der Waals surface area contributed by atoms with Crippen LogP contribution in [-0.2, 0) is 25.1 Å². The highest BCUT2D eigenvalue weighted by molar-refractivity contribution is 6.15. The van der Waals surface area contributed by atoms with Gasteiger partial charge in [-0.2, -0.15) is 0 Å². The van der Waals surface area contributed by atoms with Crippen molar-refractivity contribution in [2.75, 3.05) is 20.5 Å². The van der Waals surface area contributed by atoms with Crippen molar-refractivity contribution < 1.29 is 19.0 Å². The molecule has 0 spiro atoms. The van der Waals surface area contributed by atoms with Crippen LogP contribution in [0.4, 0.5) is 0 Å². The number of carbonyl (C=O) groups excluding carboxylic acids is 1. The molecular formula is C28H36O4. The normalized spacial score (nSPS) is 16.2. The third-order valence-corrected chi connectivity index (χ3v) is 6.59. The SMILES string of the molecule is C=C(C(=O)OCC)c1cccc(-c2c(OCOC)c(C)cc3c2C(C)(C)CCC3(C)C)c1. The molecule has 0 atom stereocenters. The Hall–Kier alpha value is -2.59. The first kappa shape index (κ1) is 24.1. The summed E-state index contributed by atoms with van der Waals surface area (Å²) in [5, 5.41) is 0. The van der Waals surface area contributed by atoms with E-state index in [1.54, 1.807) is 14.0 Å². The Labute approximate surface area is 192 Å². The first-order valence-corrected chi connectivity index (χ1v) is 11.3. The topological polar surface area (TPSA) is 44.8 Å². The van der Waals surface area contributed by atoms with Gasteiger partial charge in [0, 0.05) is 12.7 Å². The van der Waals surface area contributed by atoms with Gasteiger partial charge in [-0.25, -0.2) is 4.79 Å². The lowest BCUT2D eigenvalue weighted by molar-refractivity contribution is -0.136.